The van der Waals surface area contributed by atoms with E-state index in [0.29, 0.717) is 13.0 Å². The summed E-state index contributed by atoms with van der Waals surface area (Å²) in [4.78, 5) is 14.5. The van der Waals surface area contributed by atoms with Gasteiger partial charge in [-0.15, -0.1) is 0 Å². The predicted octanol–water partition coefficient (Wildman–Crippen LogP) is 5.03. The van der Waals surface area contributed by atoms with Crippen LogP contribution in [0.5, 0.6) is 0 Å². The monoisotopic (exact) mass is 336 g/mol. The van der Waals surface area contributed by atoms with Gasteiger partial charge in [0.25, 0.3) is 0 Å². The van der Waals surface area contributed by atoms with Gasteiger partial charge in [-0.3, -0.25) is 4.79 Å². The largest absolute Gasteiger partial charge is 0.307 e. The van der Waals surface area contributed by atoms with Crippen molar-refractivity contribution < 1.29 is 4.79 Å². The molecular formula is C20H20N2OS. The summed E-state index contributed by atoms with van der Waals surface area (Å²) < 4.78 is 0. The van der Waals surface area contributed by atoms with Gasteiger partial charge in [0, 0.05) is 11.8 Å². The Morgan fingerprint density at radius 2 is 1.75 bits per heavy atom. The van der Waals surface area contributed by atoms with E-state index >= 15 is 0 Å². The van der Waals surface area contributed by atoms with Crippen molar-refractivity contribution in [3.63, 3.8) is 0 Å². The number of rotatable bonds is 7. The molecule has 0 saturated heterocycles. The summed E-state index contributed by atoms with van der Waals surface area (Å²) >= 11 is 1.04. The maximum Gasteiger partial charge on any atom is 0.227 e. The van der Waals surface area contributed by atoms with Gasteiger partial charge in [-0.05, 0) is 29.3 Å². The summed E-state index contributed by atoms with van der Waals surface area (Å²) in [5, 5.41) is 12.8. The molecule has 4 heteroatoms. The summed E-state index contributed by atoms with van der Waals surface area (Å²) in [5.74, 6) is 0.0648. The van der Waals surface area contributed by atoms with E-state index in [-0.39, 0.29) is 5.91 Å². The standard InChI is InChI=1S/C20H20N2OS/c1-2-9-20(23)22(14-17-10-5-3-6-11-17)19(15-24-16-21)18-12-7-4-8-13-18/h3-8,10-13,15H,2,9,14H2,1H3/b19-15+. The Morgan fingerprint density at radius 3 is 2.33 bits per heavy atom. The number of benzene rings is 2. The van der Waals surface area contributed by atoms with E-state index in [1.165, 1.54) is 0 Å². The Morgan fingerprint density at radius 1 is 1.12 bits per heavy atom. The average Bonchev–Trinajstić information content (AvgIpc) is 2.63. The summed E-state index contributed by atoms with van der Waals surface area (Å²) in [6.45, 7) is 2.49. The van der Waals surface area contributed by atoms with Crippen LogP contribution in [0.25, 0.3) is 5.70 Å². The van der Waals surface area contributed by atoms with Crippen molar-refractivity contribution in [3.05, 3.63) is 77.2 Å². The average molecular weight is 336 g/mol. The molecule has 122 valence electrons. The quantitative estimate of drug-likeness (QED) is 0.666. The molecular weight excluding hydrogens is 316 g/mol. The minimum Gasteiger partial charge on any atom is -0.307 e. The second-order valence-corrected chi connectivity index (χ2v) is 5.95. The molecule has 0 atom stereocenters. The lowest BCUT2D eigenvalue weighted by molar-refractivity contribution is -0.128. The number of nitriles is 1. The fourth-order valence-electron chi connectivity index (χ4n) is 2.40. The van der Waals surface area contributed by atoms with Crippen LogP contribution in [-0.2, 0) is 11.3 Å². The van der Waals surface area contributed by atoms with E-state index in [2.05, 4.69) is 5.40 Å². The van der Waals surface area contributed by atoms with Crippen molar-refractivity contribution in [1.29, 1.82) is 5.26 Å². The number of hydrogen-bond acceptors (Lipinski definition) is 3. The lowest BCUT2D eigenvalue weighted by atomic mass is 10.1. The molecule has 0 bridgehead atoms. The molecule has 0 fully saturated rings. The highest BCUT2D eigenvalue weighted by molar-refractivity contribution is 8.06. The molecule has 24 heavy (non-hydrogen) atoms. The summed E-state index contributed by atoms with van der Waals surface area (Å²) in [5.41, 5.74) is 2.76. The number of hydrogen-bond donors (Lipinski definition) is 0. The Labute approximate surface area is 147 Å². The van der Waals surface area contributed by atoms with Gasteiger partial charge in [0.15, 0.2) is 0 Å². The van der Waals surface area contributed by atoms with Gasteiger partial charge in [0.2, 0.25) is 5.91 Å². The third kappa shape index (κ3) is 5.00. The lowest BCUT2D eigenvalue weighted by Crippen LogP contribution is -2.28. The zero-order chi connectivity index (χ0) is 17.2. The molecule has 0 aliphatic heterocycles. The predicted molar refractivity (Wildman–Crippen MR) is 99.5 cm³/mol. The van der Waals surface area contributed by atoms with Crippen LogP contribution in [0.15, 0.2) is 66.1 Å². The van der Waals surface area contributed by atoms with Crippen LogP contribution < -0.4 is 0 Å². The van der Waals surface area contributed by atoms with E-state index in [1.54, 1.807) is 10.3 Å². The fraction of sp³-hybridized carbons (Fsp3) is 0.200. The Hall–Kier alpha value is -2.51. The summed E-state index contributed by atoms with van der Waals surface area (Å²) in [6.07, 6.45) is 1.27. The lowest BCUT2D eigenvalue weighted by Gasteiger charge is -2.26. The topological polar surface area (TPSA) is 44.1 Å². The number of amides is 1. The zero-order valence-corrected chi connectivity index (χ0v) is 14.5. The smallest absolute Gasteiger partial charge is 0.227 e. The van der Waals surface area contributed by atoms with Crippen LogP contribution in [-0.4, -0.2) is 10.8 Å². The number of carbonyl (C=O) groups is 1. The van der Waals surface area contributed by atoms with Crippen LogP contribution in [0.2, 0.25) is 0 Å². The maximum absolute atomic E-state index is 12.7. The number of thiocyanates is 1. The highest BCUT2D eigenvalue weighted by Gasteiger charge is 2.19. The van der Waals surface area contributed by atoms with Gasteiger partial charge in [-0.25, -0.2) is 0 Å². The summed E-state index contributed by atoms with van der Waals surface area (Å²) in [7, 11) is 0. The first kappa shape index (κ1) is 17.8. The fourth-order valence-corrected chi connectivity index (χ4v) is 2.83. The molecule has 0 N–H and O–H groups in total. The first-order valence-electron chi connectivity index (χ1n) is 7.91. The molecule has 0 aliphatic carbocycles. The van der Waals surface area contributed by atoms with E-state index in [1.807, 2.05) is 67.6 Å². The molecule has 3 nitrogen and oxygen atoms in total. The molecule has 0 radical (unpaired) electrons. The van der Waals surface area contributed by atoms with Gasteiger partial charge in [-0.1, -0.05) is 67.6 Å². The molecule has 2 aromatic rings. The second kappa shape index (κ2) is 9.59. The van der Waals surface area contributed by atoms with Gasteiger partial charge in [0.1, 0.15) is 5.40 Å². The first-order chi connectivity index (χ1) is 11.8. The SMILES string of the molecule is CCCC(=O)N(Cc1ccccc1)/C(=C/SC#N)c1ccccc1. The molecule has 2 rings (SSSR count). The zero-order valence-electron chi connectivity index (χ0n) is 13.7. The van der Waals surface area contributed by atoms with Crippen molar-refractivity contribution in [3.8, 4) is 5.40 Å². The van der Waals surface area contributed by atoms with Crippen LogP contribution in [0, 0.1) is 10.7 Å². The van der Waals surface area contributed by atoms with E-state index in [9.17, 15) is 4.79 Å². The van der Waals surface area contributed by atoms with Crippen molar-refractivity contribution in [1.82, 2.24) is 4.90 Å². The third-order valence-corrected chi connectivity index (χ3v) is 3.98. The maximum atomic E-state index is 12.7. The van der Waals surface area contributed by atoms with Crippen LogP contribution >= 0.6 is 11.8 Å². The third-order valence-electron chi connectivity index (χ3n) is 3.53. The highest BCUT2D eigenvalue weighted by atomic mass is 32.2. The van der Waals surface area contributed by atoms with Crippen molar-refractivity contribution in [2.45, 2.75) is 26.3 Å². The van der Waals surface area contributed by atoms with Gasteiger partial charge >= 0.3 is 0 Å². The van der Waals surface area contributed by atoms with Crippen LogP contribution in [0.3, 0.4) is 0 Å². The molecule has 0 aromatic heterocycles. The van der Waals surface area contributed by atoms with Gasteiger partial charge in [-0.2, -0.15) is 5.26 Å². The van der Waals surface area contributed by atoms with E-state index < -0.39 is 0 Å². The number of thioether (sulfide) groups is 1. The van der Waals surface area contributed by atoms with Crippen LogP contribution in [0.4, 0.5) is 0 Å². The Bertz CT molecular complexity index is 720. The highest BCUT2D eigenvalue weighted by Crippen LogP contribution is 2.25. The molecule has 2 aromatic carbocycles. The second-order valence-electron chi connectivity index (χ2n) is 5.29. The van der Waals surface area contributed by atoms with Gasteiger partial charge < -0.3 is 4.90 Å². The van der Waals surface area contributed by atoms with E-state index in [0.717, 1.165) is 35.0 Å². The minimum absolute atomic E-state index is 0.0648. The summed E-state index contributed by atoms with van der Waals surface area (Å²) in [6, 6.07) is 19.6. The van der Waals surface area contributed by atoms with Crippen molar-refractivity contribution >= 4 is 23.4 Å². The Kier molecular flexibility index (Phi) is 7.13. The number of nitrogens with zero attached hydrogens (tertiary/aromatic N) is 2. The van der Waals surface area contributed by atoms with Crippen molar-refractivity contribution in [2.75, 3.05) is 0 Å². The molecule has 0 spiro atoms. The molecule has 0 heterocycles. The van der Waals surface area contributed by atoms with Crippen molar-refractivity contribution in [2.24, 2.45) is 0 Å². The normalized spacial score (nSPS) is 10.9. The van der Waals surface area contributed by atoms with E-state index in [4.69, 9.17) is 5.26 Å². The minimum atomic E-state index is 0.0648. The van der Waals surface area contributed by atoms with Gasteiger partial charge in [0.05, 0.1) is 12.2 Å². The molecule has 0 saturated carbocycles. The molecule has 0 aliphatic rings. The Balaban J connectivity index is 2.40. The molecule has 1 amide bonds. The first-order valence-corrected chi connectivity index (χ1v) is 8.78. The van der Waals surface area contributed by atoms with Crippen LogP contribution in [0.1, 0.15) is 30.9 Å². The molecule has 0 unspecified atom stereocenters. The number of carbonyl (C=O) groups excluding carboxylic acids is 1.